The Morgan fingerprint density at radius 2 is 1.76 bits per heavy atom. The molecule has 2 amide bonds. The maximum atomic E-state index is 13.6. The van der Waals surface area contributed by atoms with Crippen LogP contribution in [0.3, 0.4) is 0 Å². The first-order valence-corrected chi connectivity index (χ1v) is 12.9. The summed E-state index contributed by atoms with van der Waals surface area (Å²) in [5.74, 6) is 0.0300. The van der Waals surface area contributed by atoms with Crippen molar-refractivity contribution in [3.8, 4) is 11.1 Å². The number of fused-ring (bicyclic) bond motifs is 2. The Morgan fingerprint density at radius 1 is 1.00 bits per heavy atom. The molecule has 0 radical (unpaired) electrons. The third-order valence-corrected chi connectivity index (χ3v) is 7.57. The number of hydrogen-bond acceptors (Lipinski definition) is 4. The number of rotatable bonds is 5. The van der Waals surface area contributed by atoms with Crippen molar-refractivity contribution in [1.82, 2.24) is 24.5 Å². The molecule has 0 atom stereocenters. The zero-order chi connectivity index (χ0) is 26.6. The van der Waals surface area contributed by atoms with E-state index in [-0.39, 0.29) is 11.8 Å². The Labute approximate surface area is 225 Å². The molecular weight excluding hydrogens is 500 g/mol. The highest BCUT2D eigenvalue weighted by molar-refractivity contribution is 6.35. The minimum Gasteiger partial charge on any atom is -0.334 e. The second kappa shape index (κ2) is 9.29. The lowest BCUT2D eigenvalue weighted by molar-refractivity contribution is -0.117. The zero-order valence-electron chi connectivity index (χ0n) is 21.5. The number of hydrogen-bond donors (Lipinski definition) is 0. The van der Waals surface area contributed by atoms with Crippen LogP contribution < -0.4 is 4.90 Å². The van der Waals surface area contributed by atoms with E-state index < -0.39 is 0 Å². The second-order valence-electron chi connectivity index (χ2n) is 9.77. The van der Waals surface area contributed by atoms with Crippen molar-refractivity contribution in [2.24, 2.45) is 14.1 Å². The fourth-order valence-electron chi connectivity index (χ4n) is 5.33. The van der Waals surface area contributed by atoms with Gasteiger partial charge in [0.15, 0.2) is 0 Å². The number of anilines is 1. The van der Waals surface area contributed by atoms with Crippen molar-refractivity contribution in [2.45, 2.75) is 19.4 Å². The van der Waals surface area contributed by atoms with E-state index >= 15 is 0 Å². The average molecular weight is 527 g/mol. The summed E-state index contributed by atoms with van der Waals surface area (Å²) in [5, 5.41) is 11.5. The Bertz CT molecular complexity index is 1720. The normalized spacial score (nSPS) is 13.7. The first-order chi connectivity index (χ1) is 18.3. The van der Waals surface area contributed by atoms with E-state index in [4.69, 9.17) is 11.6 Å². The summed E-state index contributed by atoms with van der Waals surface area (Å²) in [6.07, 6.45) is 1.51. The number of halogens is 1. The molecule has 0 saturated carbocycles. The predicted molar refractivity (Wildman–Crippen MR) is 149 cm³/mol. The standard InChI is InChI=1S/C29H27ClN6O2/c1-33(17-24-27-22(30)6-4-7-25(27)34(2)32-24)29(38)28-21-14-11-19(16-23(21)31-35(28)3)18-9-12-20(13-10-18)36-15-5-8-26(36)37/h4,6-7,9-14,16H,5,8,15,17H2,1-3H3. The van der Waals surface area contributed by atoms with Crippen molar-refractivity contribution in [3.05, 3.63) is 77.1 Å². The fraction of sp³-hybridized carbons (Fsp3) is 0.241. The first kappa shape index (κ1) is 24.2. The zero-order valence-corrected chi connectivity index (χ0v) is 22.2. The molecule has 9 heteroatoms. The van der Waals surface area contributed by atoms with E-state index in [9.17, 15) is 9.59 Å². The molecule has 3 aromatic carbocycles. The van der Waals surface area contributed by atoms with E-state index in [1.807, 2.05) is 72.6 Å². The average Bonchev–Trinajstić information content (AvgIpc) is 3.58. The predicted octanol–water partition coefficient (Wildman–Crippen LogP) is 5.18. The van der Waals surface area contributed by atoms with Gasteiger partial charge in [-0.2, -0.15) is 10.2 Å². The number of aryl methyl sites for hydroxylation is 2. The molecule has 192 valence electrons. The van der Waals surface area contributed by atoms with E-state index in [0.717, 1.165) is 57.3 Å². The molecule has 8 nitrogen and oxygen atoms in total. The van der Waals surface area contributed by atoms with Gasteiger partial charge >= 0.3 is 0 Å². The molecule has 0 aliphatic carbocycles. The maximum Gasteiger partial charge on any atom is 0.272 e. The molecule has 2 aromatic heterocycles. The minimum atomic E-state index is -0.145. The highest BCUT2D eigenvalue weighted by Crippen LogP contribution is 2.30. The number of amides is 2. The molecule has 0 spiro atoms. The van der Waals surface area contributed by atoms with Crippen molar-refractivity contribution >= 4 is 50.9 Å². The molecule has 1 aliphatic rings. The Morgan fingerprint density at radius 3 is 2.50 bits per heavy atom. The SMILES string of the molecule is CN(Cc1nn(C)c2cccc(Cl)c12)C(=O)c1c2ccc(-c3ccc(N4CCCC4=O)cc3)cc2nn1C. The molecule has 3 heterocycles. The van der Waals surface area contributed by atoms with Gasteiger partial charge in [0.1, 0.15) is 5.69 Å². The molecule has 1 saturated heterocycles. The summed E-state index contributed by atoms with van der Waals surface area (Å²) in [6.45, 7) is 1.09. The van der Waals surface area contributed by atoms with Crippen molar-refractivity contribution in [2.75, 3.05) is 18.5 Å². The van der Waals surface area contributed by atoms with Crippen molar-refractivity contribution < 1.29 is 9.59 Å². The molecule has 38 heavy (non-hydrogen) atoms. The van der Waals surface area contributed by atoms with Crippen molar-refractivity contribution in [1.29, 1.82) is 0 Å². The lowest BCUT2D eigenvalue weighted by Gasteiger charge is -2.17. The Kier molecular flexibility index (Phi) is 5.91. The van der Waals surface area contributed by atoms with Crippen LogP contribution in [0.15, 0.2) is 60.7 Å². The third-order valence-electron chi connectivity index (χ3n) is 7.26. The quantitative estimate of drug-likeness (QED) is 0.316. The van der Waals surface area contributed by atoms with Gasteiger partial charge in [-0.15, -0.1) is 0 Å². The number of aromatic nitrogens is 4. The summed E-state index contributed by atoms with van der Waals surface area (Å²) in [4.78, 5) is 29.1. The second-order valence-corrected chi connectivity index (χ2v) is 10.2. The molecule has 5 aromatic rings. The van der Waals surface area contributed by atoms with Crippen LogP contribution in [0.4, 0.5) is 5.69 Å². The van der Waals surface area contributed by atoms with Crippen LogP contribution in [0, 0.1) is 0 Å². The molecule has 1 aliphatic heterocycles. The van der Waals surface area contributed by atoms with Gasteiger partial charge in [-0.3, -0.25) is 19.0 Å². The van der Waals surface area contributed by atoms with Gasteiger partial charge in [0.25, 0.3) is 5.91 Å². The van der Waals surface area contributed by atoms with E-state index in [1.165, 1.54) is 0 Å². The third kappa shape index (κ3) is 4.01. The van der Waals surface area contributed by atoms with Gasteiger partial charge in [-0.1, -0.05) is 35.9 Å². The number of carbonyl (C=O) groups is 2. The number of nitrogens with zero attached hydrogens (tertiary/aromatic N) is 6. The van der Waals surface area contributed by atoms with Gasteiger partial charge in [0.2, 0.25) is 5.91 Å². The van der Waals surface area contributed by atoms with Crippen LogP contribution in [0.25, 0.3) is 32.9 Å². The molecule has 0 unspecified atom stereocenters. The van der Waals surface area contributed by atoms with Crippen LogP contribution in [-0.4, -0.2) is 49.9 Å². The number of carbonyl (C=O) groups excluding carboxylic acids is 2. The van der Waals surface area contributed by atoms with Crippen LogP contribution in [0.2, 0.25) is 5.02 Å². The van der Waals surface area contributed by atoms with E-state index in [1.54, 1.807) is 28.4 Å². The van der Waals surface area contributed by atoms with E-state index in [0.29, 0.717) is 23.7 Å². The largest absolute Gasteiger partial charge is 0.334 e. The summed E-state index contributed by atoms with van der Waals surface area (Å²) >= 11 is 6.47. The van der Waals surface area contributed by atoms with Gasteiger partial charge in [-0.25, -0.2) is 0 Å². The van der Waals surface area contributed by atoms with Crippen LogP contribution in [0.5, 0.6) is 0 Å². The van der Waals surface area contributed by atoms with Crippen LogP contribution in [0.1, 0.15) is 29.0 Å². The molecule has 0 N–H and O–H groups in total. The summed E-state index contributed by atoms with van der Waals surface area (Å²) in [5.41, 5.74) is 5.88. The lowest BCUT2D eigenvalue weighted by Crippen LogP contribution is -2.28. The molecule has 6 rings (SSSR count). The summed E-state index contributed by atoms with van der Waals surface area (Å²) in [6, 6.07) is 19.6. The first-order valence-electron chi connectivity index (χ1n) is 12.5. The van der Waals surface area contributed by atoms with Gasteiger partial charge < -0.3 is 9.80 Å². The van der Waals surface area contributed by atoms with Crippen molar-refractivity contribution in [3.63, 3.8) is 0 Å². The van der Waals surface area contributed by atoms with Crippen LogP contribution in [-0.2, 0) is 25.4 Å². The van der Waals surface area contributed by atoms with Gasteiger partial charge in [0.05, 0.1) is 28.3 Å². The number of benzene rings is 3. The summed E-state index contributed by atoms with van der Waals surface area (Å²) < 4.78 is 3.42. The Hall–Kier alpha value is -4.17. The lowest BCUT2D eigenvalue weighted by atomic mass is 10.0. The van der Waals surface area contributed by atoms with E-state index in [2.05, 4.69) is 10.2 Å². The van der Waals surface area contributed by atoms with Gasteiger partial charge in [-0.05, 0) is 53.9 Å². The molecular formula is C29H27ClN6O2. The topological polar surface area (TPSA) is 76.3 Å². The highest BCUT2D eigenvalue weighted by atomic mass is 35.5. The smallest absolute Gasteiger partial charge is 0.272 e. The monoisotopic (exact) mass is 526 g/mol. The Balaban J connectivity index is 1.27. The molecule has 0 bridgehead atoms. The minimum absolute atomic E-state index is 0.145. The van der Waals surface area contributed by atoms with Gasteiger partial charge in [0, 0.05) is 50.6 Å². The molecule has 1 fully saturated rings. The highest BCUT2D eigenvalue weighted by Gasteiger charge is 2.24. The fourth-order valence-corrected chi connectivity index (χ4v) is 5.61. The van der Waals surface area contributed by atoms with Crippen LogP contribution >= 0.6 is 11.6 Å². The summed E-state index contributed by atoms with van der Waals surface area (Å²) in [7, 11) is 5.42. The maximum absolute atomic E-state index is 13.6.